The minimum absolute atomic E-state index is 0.0930. The molecule has 0 bridgehead atoms. The summed E-state index contributed by atoms with van der Waals surface area (Å²) >= 11 is 0. The van der Waals surface area contributed by atoms with Crippen molar-refractivity contribution in [1.82, 2.24) is 16.0 Å². The molecule has 0 aromatic carbocycles. The minimum Gasteiger partial charge on any atom is -0.481 e. The van der Waals surface area contributed by atoms with Crippen LogP contribution in [0.4, 0.5) is 4.79 Å². The Balaban J connectivity index is 3.73. The van der Waals surface area contributed by atoms with E-state index in [1.807, 2.05) is 6.92 Å². The Morgan fingerprint density at radius 3 is 2.42 bits per heavy atom. The summed E-state index contributed by atoms with van der Waals surface area (Å²) in [6.07, 6.45) is -0.564. The number of amides is 3. The van der Waals surface area contributed by atoms with Gasteiger partial charge in [-0.1, -0.05) is 0 Å². The van der Waals surface area contributed by atoms with Gasteiger partial charge in [0.05, 0.1) is 12.5 Å². The monoisotopic (exact) mass is 275 g/mol. The first-order valence-electron chi connectivity index (χ1n) is 6.02. The number of urea groups is 1. The third kappa shape index (κ3) is 9.83. The summed E-state index contributed by atoms with van der Waals surface area (Å²) in [5.41, 5.74) is 0. The maximum Gasteiger partial charge on any atom is 0.314 e. The van der Waals surface area contributed by atoms with Crippen molar-refractivity contribution in [3.8, 4) is 0 Å². The maximum absolute atomic E-state index is 11.3. The van der Waals surface area contributed by atoms with Gasteiger partial charge >= 0.3 is 12.0 Å². The molecule has 19 heavy (non-hydrogen) atoms. The highest BCUT2D eigenvalue weighted by atomic mass is 16.5. The Kier molecular flexibility index (Phi) is 9.15. The van der Waals surface area contributed by atoms with Crippen LogP contribution in [0.3, 0.4) is 0 Å². The summed E-state index contributed by atoms with van der Waals surface area (Å²) in [6, 6.07) is -0.461. The topological polar surface area (TPSA) is 117 Å². The second-order valence-corrected chi connectivity index (χ2v) is 3.80. The van der Waals surface area contributed by atoms with E-state index in [1.165, 1.54) is 7.11 Å². The van der Waals surface area contributed by atoms with E-state index in [2.05, 4.69) is 16.0 Å². The van der Waals surface area contributed by atoms with E-state index in [0.29, 0.717) is 6.54 Å². The average Bonchev–Trinajstić information content (AvgIpc) is 2.34. The zero-order valence-corrected chi connectivity index (χ0v) is 11.2. The van der Waals surface area contributed by atoms with Crippen LogP contribution in [0.2, 0.25) is 0 Å². The molecule has 0 fully saturated rings. The number of hydrogen-bond acceptors (Lipinski definition) is 4. The van der Waals surface area contributed by atoms with Crippen molar-refractivity contribution in [3.63, 3.8) is 0 Å². The van der Waals surface area contributed by atoms with Crippen molar-refractivity contribution in [2.75, 3.05) is 26.7 Å². The standard InChI is InChI=1S/C11H21N3O5/c1-3-12-9(15)4-5-13-11(18)14-7-8(19-2)6-10(16)17/h8H,3-7H2,1-2H3,(H,12,15)(H,16,17)(H2,13,14,18). The van der Waals surface area contributed by atoms with Gasteiger partial charge in [0.2, 0.25) is 5.91 Å². The van der Waals surface area contributed by atoms with E-state index in [4.69, 9.17) is 9.84 Å². The zero-order chi connectivity index (χ0) is 14.7. The maximum atomic E-state index is 11.3. The fourth-order valence-electron chi connectivity index (χ4n) is 1.28. The summed E-state index contributed by atoms with van der Waals surface area (Å²) in [5.74, 6) is -1.13. The van der Waals surface area contributed by atoms with Crippen LogP contribution in [-0.2, 0) is 14.3 Å². The van der Waals surface area contributed by atoms with Crippen LogP contribution in [-0.4, -0.2) is 55.9 Å². The van der Waals surface area contributed by atoms with Crippen molar-refractivity contribution < 1.29 is 24.2 Å². The van der Waals surface area contributed by atoms with Gasteiger partial charge in [-0.15, -0.1) is 0 Å². The van der Waals surface area contributed by atoms with Gasteiger partial charge in [0.25, 0.3) is 0 Å². The number of hydrogen-bond donors (Lipinski definition) is 4. The highest BCUT2D eigenvalue weighted by Crippen LogP contribution is 1.95. The molecule has 110 valence electrons. The van der Waals surface area contributed by atoms with Crippen LogP contribution in [0, 0.1) is 0 Å². The molecule has 8 nitrogen and oxygen atoms in total. The van der Waals surface area contributed by atoms with Crippen LogP contribution in [0.1, 0.15) is 19.8 Å². The normalized spacial score (nSPS) is 11.5. The first-order valence-corrected chi connectivity index (χ1v) is 6.02. The molecule has 4 N–H and O–H groups in total. The largest absolute Gasteiger partial charge is 0.481 e. The third-order valence-corrected chi connectivity index (χ3v) is 2.24. The number of carbonyl (C=O) groups is 3. The van der Waals surface area contributed by atoms with E-state index in [0.717, 1.165) is 0 Å². The fraction of sp³-hybridized carbons (Fsp3) is 0.727. The third-order valence-electron chi connectivity index (χ3n) is 2.24. The van der Waals surface area contributed by atoms with Gasteiger partial charge in [0.15, 0.2) is 0 Å². The number of aliphatic carboxylic acids is 1. The predicted molar refractivity (Wildman–Crippen MR) is 67.8 cm³/mol. The molecule has 0 spiro atoms. The quantitative estimate of drug-likeness (QED) is 0.444. The predicted octanol–water partition coefficient (Wildman–Crippen LogP) is -0.698. The van der Waals surface area contributed by atoms with E-state index in [-0.39, 0.29) is 31.8 Å². The molecule has 3 amide bonds. The second kappa shape index (κ2) is 10.1. The van der Waals surface area contributed by atoms with E-state index >= 15 is 0 Å². The highest BCUT2D eigenvalue weighted by Gasteiger charge is 2.13. The number of carbonyl (C=O) groups excluding carboxylic acids is 2. The average molecular weight is 275 g/mol. The lowest BCUT2D eigenvalue weighted by molar-refractivity contribution is -0.139. The van der Waals surface area contributed by atoms with Crippen LogP contribution < -0.4 is 16.0 Å². The Morgan fingerprint density at radius 2 is 1.89 bits per heavy atom. The molecular weight excluding hydrogens is 254 g/mol. The van der Waals surface area contributed by atoms with Crippen molar-refractivity contribution in [2.45, 2.75) is 25.9 Å². The lowest BCUT2D eigenvalue weighted by Crippen LogP contribution is -2.42. The summed E-state index contributed by atoms with van der Waals surface area (Å²) in [4.78, 5) is 32.9. The van der Waals surface area contributed by atoms with Crippen molar-refractivity contribution in [1.29, 1.82) is 0 Å². The molecule has 0 saturated heterocycles. The fourth-order valence-corrected chi connectivity index (χ4v) is 1.28. The molecule has 0 aliphatic heterocycles. The highest BCUT2D eigenvalue weighted by molar-refractivity contribution is 5.78. The van der Waals surface area contributed by atoms with Gasteiger partial charge in [-0.05, 0) is 6.92 Å². The molecule has 0 heterocycles. The number of carboxylic acid groups (broad SMARTS) is 1. The van der Waals surface area contributed by atoms with E-state index in [1.54, 1.807) is 0 Å². The molecular formula is C11H21N3O5. The molecule has 0 saturated carbocycles. The van der Waals surface area contributed by atoms with Crippen molar-refractivity contribution in [3.05, 3.63) is 0 Å². The van der Waals surface area contributed by atoms with E-state index in [9.17, 15) is 14.4 Å². The smallest absolute Gasteiger partial charge is 0.314 e. The Labute approximate surface area is 111 Å². The van der Waals surface area contributed by atoms with Gasteiger partial charge in [-0.25, -0.2) is 4.79 Å². The Bertz CT molecular complexity index is 309. The summed E-state index contributed by atoms with van der Waals surface area (Å²) in [7, 11) is 1.38. The summed E-state index contributed by atoms with van der Waals surface area (Å²) in [5, 5.41) is 16.2. The van der Waals surface area contributed by atoms with Gasteiger partial charge in [0.1, 0.15) is 0 Å². The molecule has 1 atom stereocenters. The molecule has 0 aliphatic carbocycles. The van der Waals surface area contributed by atoms with Crippen molar-refractivity contribution in [2.24, 2.45) is 0 Å². The minimum atomic E-state index is -0.995. The van der Waals surface area contributed by atoms with Gasteiger partial charge in [-0.3, -0.25) is 9.59 Å². The number of ether oxygens (including phenoxy) is 1. The number of carboxylic acids is 1. The van der Waals surface area contributed by atoms with Gasteiger partial charge in [-0.2, -0.15) is 0 Å². The molecule has 1 unspecified atom stereocenters. The zero-order valence-electron chi connectivity index (χ0n) is 11.2. The lowest BCUT2D eigenvalue weighted by Gasteiger charge is -2.14. The first kappa shape index (κ1) is 17.2. The van der Waals surface area contributed by atoms with E-state index < -0.39 is 18.1 Å². The molecule has 0 rings (SSSR count). The van der Waals surface area contributed by atoms with Gasteiger partial charge < -0.3 is 25.8 Å². The number of rotatable bonds is 9. The molecule has 0 aromatic heterocycles. The summed E-state index contributed by atoms with van der Waals surface area (Å²) in [6.45, 7) is 2.67. The molecule has 0 radical (unpaired) electrons. The number of nitrogens with one attached hydrogen (secondary N) is 3. The van der Waals surface area contributed by atoms with Gasteiger partial charge in [0, 0.05) is 33.2 Å². The van der Waals surface area contributed by atoms with Crippen LogP contribution in [0.25, 0.3) is 0 Å². The first-order chi connectivity index (χ1) is 8.99. The number of methoxy groups -OCH3 is 1. The van der Waals surface area contributed by atoms with Crippen molar-refractivity contribution >= 4 is 17.9 Å². The van der Waals surface area contributed by atoms with Crippen LogP contribution in [0.5, 0.6) is 0 Å². The Morgan fingerprint density at radius 1 is 1.21 bits per heavy atom. The van der Waals surface area contributed by atoms with Crippen LogP contribution in [0.15, 0.2) is 0 Å². The molecule has 0 aromatic rings. The SMILES string of the molecule is CCNC(=O)CCNC(=O)NCC(CC(=O)O)OC. The molecule has 8 heteroatoms. The van der Waals surface area contributed by atoms with Crippen LogP contribution >= 0.6 is 0 Å². The Hall–Kier alpha value is -1.83. The lowest BCUT2D eigenvalue weighted by atomic mass is 10.2. The molecule has 0 aliphatic rings. The second-order valence-electron chi connectivity index (χ2n) is 3.80. The summed E-state index contributed by atoms with van der Waals surface area (Å²) < 4.78 is 4.90.